The smallest absolute Gasteiger partial charge is 0.125 e. The van der Waals surface area contributed by atoms with Crippen molar-refractivity contribution < 1.29 is 4.39 Å². The first-order valence-electron chi connectivity index (χ1n) is 8.63. The van der Waals surface area contributed by atoms with Crippen LogP contribution in [0.5, 0.6) is 0 Å². The van der Waals surface area contributed by atoms with Gasteiger partial charge in [0.05, 0.1) is 11.7 Å². The molecule has 0 amide bonds. The molecule has 2 aromatic rings. The molecule has 0 radical (unpaired) electrons. The molecule has 0 aliphatic carbocycles. The van der Waals surface area contributed by atoms with Crippen LogP contribution in [-0.4, -0.2) is 23.3 Å². The predicted molar refractivity (Wildman–Crippen MR) is 94.9 cm³/mol. The lowest BCUT2D eigenvalue weighted by atomic mass is 9.98. The minimum atomic E-state index is -0.218. The minimum Gasteiger partial charge on any atom is -0.354 e. The van der Waals surface area contributed by atoms with Crippen molar-refractivity contribution in [2.75, 3.05) is 6.54 Å². The maximum atomic E-state index is 13.5. The van der Waals surface area contributed by atoms with E-state index in [0.717, 1.165) is 43.0 Å². The van der Waals surface area contributed by atoms with Crippen molar-refractivity contribution in [3.8, 4) is 0 Å². The summed E-state index contributed by atoms with van der Waals surface area (Å²) >= 11 is 0. The Hall–Kier alpha value is -2.20. The quantitative estimate of drug-likeness (QED) is 0.917. The molecule has 2 aliphatic rings. The Labute approximate surface area is 142 Å². The van der Waals surface area contributed by atoms with Gasteiger partial charge in [-0.3, -0.25) is 0 Å². The Morgan fingerprint density at radius 3 is 2.88 bits per heavy atom. The van der Waals surface area contributed by atoms with Crippen LogP contribution in [0.25, 0.3) is 0 Å². The second kappa shape index (κ2) is 6.36. The molecule has 4 heteroatoms. The monoisotopic (exact) mass is 323 g/mol. The van der Waals surface area contributed by atoms with Gasteiger partial charge < -0.3 is 10.2 Å². The van der Waals surface area contributed by atoms with E-state index >= 15 is 0 Å². The van der Waals surface area contributed by atoms with E-state index in [-0.39, 0.29) is 17.9 Å². The van der Waals surface area contributed by atoms with E-state index in [1.807, 2.05) is 12.1 Å². The highest BCUT2D eigenvalue weighted by Gasteiger charge is 2.31. The zero-order chi connectivity index (χ0) is 16.5. The zero-order valence-corrected chi connectivity index (χ0v) is 13.9. The lowest BCUT2D eigenvalue weighted by Crippen LogP contribution is -2.51. The normalized spacial score (nSPS) is 20.8. The summed E-state index contributed by atoms with van der Waals surface area (Å²) in [7, 11) is 0. The van der Waals surface area contributed by atoms with Gasteiger partial charge in [-0.2, -0.15) is 0 Å². The minimum absolute atomic E-state index is 0.213. The van der Waals surface area contributed by atoms with Gasteiger partial charge in [-0.05, 0) is 43.0 Å². The first-order valence-corrected chi connectivity index (χ1v) is 8.63. The highest BCUT2D eigenvalue weighted by Crippen LogP contribution is 2.31. The first kappa shape index (κ1) is 15.3. The molecule has 1 saturated heterocycles. The third-order valence-corrected chi connectivity index (χ3v) is 4.95. The first-order chi connectivity index (χ1) is 11.7. The van der Waals surface area contributed by atoms with Crippen LogP contribution in [0.15, 0.2) is 53.5 Å². The molecule has 1 fully saturated rings. The molecule has 0 saturated carbocycles. The van der Waals surface area contributed by atoms with Gasteiger partial charge >= 0.3 is 0 Å². The molecule has 3 nitrogen and oxygen atoms in total. The Bertz CT molecular complexity index is 757. The molecule has 24 heavy (non-hydrogen) atoms. The fraction of sp³-hybridized carbons (Fsp3) is 0.350. The Kier molecular flexibility index (Phi) is 4.07. The van der Waals surface area contributed by atoms with E-state index in [1.54, 1.807) is 6.07 Å². The second-order valence-electron chi connectivity index (χ2n) is 6.66. The van der Waals surface area contributed by atoms with E-state index in [1.165, 1.54) is 11.6 Å². The van der Waals surface area contributed by atoms with Crippen molar-refractivity contribution in [1.82, 2.24) is 10.2 Å². The van der Waals surface area contributed by atoms with Crippen LogP contribution in [-0.2, 0) is 6.54 Å². The summed E-state index contributed by atoms with van der Waals surface area (Å²) in [6, 6.07) is 15.9. The van der Waals surface area contributed by atoms with E-state index in [2.05, 4.69) is 41.4 Å². The van der Waals surface area contributed by atoms with Gasteiger partial charge in [-0.15, -0.1) is 0 Å². The number of piperidine rings is 1. The number of amidine groups is 1. The number of aliphatic imine (C=N–C) groups is 1. The van der Waals surface area contributed by atoms with Crippen molar-refractivity contribution in [2.45, 2.75) is 38.4 Å². The number of rotatable bonds is 3. The molecule has 2 heterocycles. The third kappa shape index (κ3) is 2.94. The summed E-state index contributed by atoms with van der Waals surface area (Å²) in [5.41, 5.74) is 3.16. The number of nitrogens with one attached hydrogen (secondary N) is 1. The SMILES string of the molecule is CC(NC1CCCN2Cc3ccc(F)cc3N=C12)c1ccccc1. The summed E-state index contributed by atoms with van der Waals surface area (Å²) < 4.78 is 13.5. The summed E-state index contributed by atoms with van der Waals surface area (Å²) in [5, 5.41) is 3.71. The van der Waals surface area contributed by atoms with Crippen LogP contribution in [0.4, 0.5) is 10.1 Å². The molecular weight excluding hydrogens is 301 g/mol. The summed E-state index contributed by atoms with van der Waals surface area (Å²) in [6.07, 6.45) is 2.21. The van der Waals surface area contributed by atoms with Gasteiger partial charge in [0, 0.05) is 19.1 Å². The van der Waals surface area contributed by atoms with Crippen LogP contribution in [0.3, 0.4) is 0 Å². The fourth-order valence-electron chi connectivity index (χ4n) is 3.66. The topological polar surface area (TPSA) is 27.6 Å². The van der Waals surface area contributed by atoms with E-state index in [0.29, 0.717) is 0 Å². The van der Waals surface area contributed by atoms with Crippen LogP contribution in [0, 0.1) is 5.82 Å². The van der Waals surface area contributed by atoms with Crippen molar-refractivity contribution in [2.24, 2.45) is 4.99 Å². The number of benzene rings is 2. The maximum Gasteiger partial charge on any atom is 0.125 e. The molecule has 2 atom stereocenters. The standard InChI is InChI=1S/C20H22FN3/c1-14(15-6-3-2-4-7-15)22-18-8-5-11-24-13-16-9-10-17(21)12-19(16)23-20(18)24/h2-4,6-7,9-10,12,14,18,22H,5,8,11,13H2,1H3. The van der Waals surface area contributed by atoms with Crippen molar-refractivity contribution >= 4 is 11.5 Å². The van der Waals surface area contributed by atoms with Gasteiger partial charge in [-0.1, -0.05) is 36.4 Å². The molecule has 2 unspecified atom stereocenters. The lowest BCUT2D eigenvalue weighted by molar-refractivity contribution is 0.317. The van der Waals surface area contributed by atoms with Gasteiger partial charge in [-0.25, -0.2) is 9.38 Å². The predicted octanol–water partition coefficient (Wildman–Crippen LogP) is 4.18. The van der Waals surface area contributed by atoms with Gasteiger partial charge in [0.1, 0.15) is 11.7 Å². The molecule has 0 bridgehead atoms. The van der Waals surface area contributed by atoms with Gasteiger partial charge in [0.25, 0.3) is 0 Å². The van der Waals surface area contributed by atoms with Crippen molar-refractivity contribution in [1.29, 1.82) is 0 Å². The molecule has 0 aromatic heterocycles. The van der Waals surface area contributed by atoms with Crippen LogP contribution >= 0.6 is 0 Å². The van der Waals surface area contributed by atoms with Crippen molar-refractivity contribution in [3.05, 3.63) is 65.5 Å². The van der Waals surface area contributed by atoms with E-state index in [9.17, 15) is 4.39 Å². The molecule has 2 aliphatic heterocycles. The third-order valence-electron chi connectivity index (χ3n) is 4.95. The number of fused-ring (bicyclic) bond motifs is 2. The summed E-state index contributed by atoms with van der Waals surface area (Å²) in [6.45, 7) is 4.03. The Morgan fingerprint density at radius 2 is 2.04 bits per heavy atom. The maximum absolute atomic E-state index is 13.5. The molecule has 1 N–H and O–H groups in total. The Balaban J connectivity index is 1.60. The fourth-order valence-corrected chi connectivity index (χ4v) is 3.66. The second-order valence-corrected chi connectivity index (χ2v) is 6.66. The van der Waals surface area contributed by atoms with Gasteiger partial charge in [0.15, 0.2) is 0 Å². The highest BCUT2D eigenvalue weighted by atomic mass is 19.1. The average Bonchev–Trinajstić information content (AvgIpc) is 2.61. The molecule has 0 spiro atoms. The van der Waals surface area contributed by atoms with E-state index in [4.69, 9.17) is 4.99 Å². The van der Waals surface area contributed by atoms with Gasteiger partial charge in [0.2, 0.25) is 0 Å². The largest absolute Gasteiger partial charge is 0.354 e. The molecule has 124 valence electrons. The molecule has 4 rings (SSSR count). The lowest BCUT2D eigenvalue weighted by Gasteiger charge is -2.40. The number of hydrogen-bond donors (Lipinski definition) is 1. The Morgan fingerprint density at radius 1 is 1.21 bits per heavy atom. The molecular formula is C20H22FN3. The average molecular weight is 323 g/mol. The van der Waals surface area contributed by atoms with E-state index < -0.39 is 0 Å². The summed E-state index contributed by atoms with van der Waals surface area (Å²) in [4.78, 5) is 7.13. The summed E-state index contributed by atoms with van der Waals surface area (Å²) in [5.74, 6) is 0.839. The van der Waals surface area contributed by atoms with Crippen LogP contribution in [0.2, 0.25) is 0 Å². The van der Waals surface area contributed by atoms with Crippen LogP contribution < -0.4 is 5.32 Å². The van der Waals surface area contributed by atoms with Crippen LogP contribution in [0.1, 0.15) is 36.9 Å². The number of nitrogens with zero attached hydrogens (tertiary/aromatic N) is 2. The number of hydrogen-bond acceptors (Lipinski definition) is 3. The number of halogens is 1. The molecule has 2 aromatic carbocycles. The highest BCUT2D eigenvalue weighted by molar-refractivity contribution is 5.92. The van der Waals surface area contributed by atoms with Crippen molar-refractivity contribution in [3.63, 3.8) is 0 Å². The zero-order valence-electron chi connectivity index (χ0n) is 13.9.